The summed E-state index contributed by atoms with van der Waals surface area (Å²) in [6.45, 7) is 8.21. The molecule has 0 N–H and O–H groups in total. The predicted molar refractivity (Wildman–Crippen MR) is 137 cm³/mol. The van der Waals surface area contributed by atoms with Crippen molar-refractivity contribution < 1.29 is 32.6 Å². The van der Waals surface area contributed by atoms with E-state index in [0.717, 1.165) is 26.1 Å². The van der Waals surface area contributed by atoms with Crippen LogP contribution in [0.15, 0.2) is 41.1 Å². The van der Waals surface area contributed by atoms with Gasteiger partial charge in [0.1, 0.15) is 33.0 Å². The Hall–Kier alpha value is -2.32. The highest BCUT2D eigenvalue weighted by Gasteiger charge is 2.53. The molecule has 2 aromatic heterocycles. The molecule has 11 heteroatoms. The summed E-state index contributed by atoms with van der Waals surface area (Å²) >= 11 is 3.01. The number of hydrogen-bond donors (Lipinski definition) is 0. The summed E-state index contributed by atoms with van der Waals surface area (Å²) in [5.74, 6) is 2.76. The minimum atomic E-state index is -3.32. The van der Waals surface area contributed by atoms with E-state index in [1.165, 1.54) is 11.3 Å². The van der Waals surface area contributed by atoms with E-state index in [0.29, 0.717) is 37.9 Å². The number of ether oxygens (including phenoxy) is 5. The molecule has 0 amide bonds. The normalized spacial score (nSPS) is 16.6. The quantitative estimate of drug-likeness (QED) is 0.421. The first-order valence-electron chi connectivity index (χ1n) is 11.0. The number of benzene rings is 1. The van der Waals surface area contributed by atoms with Crippen LogP contribution in [0.25, 0.3) is 0 Å². The average Bonchev–Trinajstić information content (AvgIpc) is 3.48. The maximum atomic E-state index is 13.8. The van der Waals surface area contributed by atoms with Crippen molar-refractivity contribution in [3.63, 3.8) is 0 Å². The van der Waals surface area contributed by atoms with Crippen molar-refractivity contribution in [2.24, 2.45) is 0 Å². The van der Waals surface area contributed by atoms with E-state index in [9.17, 15) is 4.79 Å². The standard InChI is InChI=1S/C23H26O7S2Si2/c1-33(2,21-19-17(14-31-21)25-9-11-27-19)30-34(3,22-20-18(15-32-22)26-10-12-28-20)23(24)29-13-16-7-5-4-6-8-16/h4-8,14-15H,9-13H2,1-3H3. The molecule has 34 heavy (non-hydrogen) atoms. The third kappa shape index (κ3) is 4.38. The van der Waals surface area contributed by atoms with Gasteiger partial charge in [-0.05, 0) is 25.2 Å². The summed E-state index contributed by atoms with van der Waals surface area (Å²) in [7, 11) is -5.95. The number of hydrogen-bond acceptors (Lipinski definition) is 9. The largest absolute Gasteiger partial charge is 0.485 e. The van der Waals surface area contributed by atoms with E-state index < -0.39 is 16.6 Å². The number of carbonyl (C=O) groups excluding carboxylic acids is 1. The third-order valence-electron chi connectivity index (χ3n) is 5.64. The van der Waals surface area contributed by atoms with Gasteiger partial charge in [-0.1, -0.05) is 30.3 Å². The van der Waals surface area contributed by atoms with Crippen LogP contribution in [-0.4, -0.2) is 48.7 Å². The first-order valence-corrected chi connectivity index (χ1v) is 18.1. The van der Waals surface area contributed by atoms with Crippen molar-refractivity contribution >= 4 is 53.9 Å². The number of fused-ring (bicyclic) bond motifs is 2. The van der Waals surface area contributed by atoms with E-state index in [1.54, 1.807) is 11.3 Å². The van der Waals surface area contributed by atoms with Crippen molar-refractivity contribution in [1.29, 1.82) is 0 Å². The molecule has 0 aliphatic carbocycles. The molecule has 1 unspecified atom stereocenters. The molecule has 1 atom stereocenters. The second kappa shape index (κ2) is 9.38. The van der Waals surface area contributed by atoms with Crippen molar-refractivity contribution in [2.75, 3.05) is 26.4 Å². The van der Waals surface area contributed by atoms with Gasteiger partial charge in [0.2, 0.25) is 8.32 Å². The van der Waals surface area contributed by atoms with Crippen LogP contribution in [-0.2, 0) is 15.5 Å². The van der Waals surface area contributed by atoms with Crippen LogP contribution in [0.2, 0.25) is 19.6 Å². The van der Waals surface area contributed by atoms with Gasteiger partial charge in [-0.3, -0.25) is 4.79 Å². The van der Waals surface area contributed by atoms with Crippen LogP contribution in [0.1, 0.15) is 5.56 Å². The minimum Gasteiger partial charge on any atom is -0.485 e. The molecule has 4 heterocycles. The van der Waals surface area contributed by atoms with Gasteiger partial charge >= 0.3 is 13.9 Å². The lowest BCUT2D eigenvalue weighted by atomic mass is 10.2. The fourth-order valence-electron chi connectivity index (χ4n) is 4.07. The van der Waals surface area contributed by atoms with Crippen LogP contribution in [0.3, 0.4) is 0 Å². The Morgan fingerprint density at radius 1 is 0.853 bits per heavy atom. The molecule has 5 rings (SSSR count). The van der Waals surface area contributed by atoms with Crippen LogP contribution in [0, 0.1) is 0 Å². The van der Waals surface area contributed by atoms with E-state index in [-0.39, 0.29) is 12.2 Å². The fraction of sp³-hybridized carbons (Fsp3) is 0.348. The molecule has 0 bridgehead atoms. The second-order valence-corrected chi connectivity index (χ2v) is 18.4. The number of thiophene rings is 2. The monoisotopic (exact) mass is 534 g/mol. The van der Waals surface area contributed by atoms with Crippen molar-refractivity contribution in [1.82, 2.24) is 0 Å². The van der Waals surface area contributed by atoms with E-state index in [4.69, 9.17) is 27.8 Å². The maximum absolute atomic E-state index is 13.8. The van der Waals surface area contributed by atoms with Gasteiger partial charge in [0.15, 0.2) is 23.0 Å². The fourth-order valence-corrected chi connectivity index (χ4v) is 15.9. The molecule has 7 nitrogen and oxygen atoms in total. The molecule has 2 aliphatic heterocycles. The van der Waals surface area contributed by atoms with Gasteiger partial charge in [0, 0.05) is 10.8 Å². The molecule has 0 radical (unpaired) electrons. The Morgan fingerprint density at radius 3 is 2.06 bits per heavy atom. The lowest BCUT2D eigenvalue weighted by Crippen LogP contribution is -2.63. The summed E-state index contributed by atoms with van der Waals surface area (Å²) in [4.78, 5) is 13.8. The van der Waals surface area contributed by atoms with Gasteiger partial charge < -0.3 is 27.8 Å². The Morgan fingerprint density at radius 2 is 1.41 bits per heavy atom. The zero-order chi connectivity index (χ0) is 23.8. The lowest BCUT2D eigenvalue weighted by molar-refractivity contribution is 0.160. The van der Waals surface area contributed by atoms with Crippen LogP contribution >= 0.6 is 22.7 Å². The molecular formula is C23H26O7S2Si2. The predicted octanol–water partition coefficient (Wildman–Crippen LogP) is 4.18. The van der Waals surface area contributed by atoms with Gasteiger partial charge in [0.25, 0.3) is 0 Å². The summed E-state index contributed by atoms with van der Waals surface area (Å²) in [5, 5.41) is 3.85. The Balaban J connectivity index is 1.49. The number of rotatable bonds is 7. The Kier molecular flexibility index (Phi) is 6.46. The Bertz CT molecular complexity index is 1180. The second-order valence-electron chi connectivity index (χ2n) is 8.62. The summed E-state index contributed by atoms with van der Waals surface area (Å²) in [6.07, 6.45) is 0. The average molecular weight is 535 g/mol. The molecule has 180 valence electrons. The zero-order valence-electron chi connectivity index (χ0n) is 19.3. The maximum Gasteiger partial charge on any atom is 0.351 e. The molecule has 0 spiro atoms. The summed E-state index contributed by atoms with van der Waals surface area (Å²) in [5.41, 5.74) is 0.590. The molecule has 3 aromatic rings. The molecule has 2 aliphatic rings. The van der Waals surface area contributed by atoms with Gasteiger partial charge in [-0.2, -0.15) is 0 Å². The molecule has 0 saturated heterocycles. The smallest absolute Gasteiger partial charge is 0.351 e. The van der Waals surface area contributed by atoms with Crippen LogP contribution in [0.4, 0.5) is 4.79 Å². The topological polar surface area (TPSA) is 72.5 Å². The van der Waals surface area contributed by atoms with Gasteiger partial charge in [-0.25, -0.2) is 0 Å². The van der Waals surface area contributed by atoms with E-state index in [2.05, 4.69) is 13.1 Å². The van der Waals surface area contributed by atoms with Gasteiger partial charge in [0.05, 0.1) is 9.00 Å². The highest BCUT2D eigenvalue weighted by atomic mass is 32.1. The third-order valence-corrected chi connectivity index (χ3v) is 17.5. The first-order chi connectivity index (χ1) is 16.4. The minimum absolute atomic E-state index is 0.184. The summed E-state index contributed by atoms with van der Waals surface area (Å²) < 4.78 is 38.0. The SMILES string of the molecule is C[Si](C)(O[Si](C)(C(=O)OCc1ccccc1)c1scc2c1OCCO2)c1scc2c1OCCO2. The number of carbonyl (C=O) groups is 1. The van der Waals surface area contributed by atoms with Crippen molar-refractivity contribution in [2.45, 2.75) is 26.2 Å². The molecule has 0 saturated carbocycles. The Labute approximate surface area is 208 Å². The van der Waals surface area contributed by atoms with E-state index in [1.807, 2.05) is 47.6 Å². The van der Waals surface area contributed by atoms with Crippen LogP contribution in [0.5, 0.6) is 23.0 Å². The molecular weight excluding hydrogens is 509 g/mol. The first kappa shape index (κ1) is 23.4. The zero-order valence-corrected chi connectivity index (χ0v) is 22.9. The highest BCUT2D eigenvalue weighted by Crippen LogP contribution is 2.38. The van der Waals surface area contributed by atoms with Crippen molar-refractivity contribution in [3.05, 3.63) is 46.7 Å². The lowest BCUT2D eigenvalue weighted by Gasteiger charge is -2.34. The van der Waals surface area contributed by atoms with Crippen molar-refractivity contribution in [3.8, 4) is 23.0 Å². The van der Waals surface area contributed by atoms with Gasteiger partial charge in [-0.15, -0.1) is 22.7 Å². The highest BCUT2D eigenvalue weighted by molar-refractivity contribution is 7.33. The summed E-state index contributed by atoms with van der Waals surface area (Å²) in [6, 6.07) is 9.66. The molecule has 0 fully saturated rings. The van der Waals surface area contributed by atoms with Crippen LogP contribution < -0.4 is 27.9 Å². The van der Waals surface area contributed by atoms with E-state index >= 15 is 0 Å². The molecule has 1 aromatic carbocycles.